The molecule has 2 fully saturated rings. The number of carbonyl (C=O) groups is 1. The lowest BCUT2D eigenvalue weighted by atomic mass is 9.69. The van der Waals surface area contributed by atoms with Crippen molar-refractivity contribution in [1.29, 1.82) is 0 Å². The lowest BCUT2D eigenvalue weighted by molar-refractivity contribution is 0.0658. The Kier molecular flexibility index (Phi) is 5.20. The maximum Gasteiger partial charge on any atom is 0.322 e. The van der Waals surface area contributed by atoms with Crippen molar-refractivity contribution in [2.75, 3.05) is 25.5 Å². The van der Waals surface area contributed by atoms with Crippen molar-refractivity contribution in [1.82, 2.24) is 30.0 Å². The van der Waals surface area contributed by atoms with Gasteiger partial charge in [-0.15, -0.1) is 0 Å². The molecule has 1 aliphatic heterocycles. The second-order valence-corrected chi connectivity index (χ2v) is 9.67. The number of nitrogens with one attached hydrogen (secondary N) is 1. The molecule has 2 aromatic heterocycles. The molecule has 0 atom stereocenters. The standard InChI is InChI=1S/C25H31N7O/c1-18-14-19(2)32(29-18)22-26-15-21(16-27-22)31-17-24(28-23(31)33)10-12-25(13-11-24,30(3)4)20-8-6-5-7-9-20/h5-9,14-16H,10-13,17H2,1-4H3,(H,28,33)/t24-,25+. The third-order valence-corrected chi connectivity index (χ3v) is 7.41. The number of anilines is 1. The topological polar surface area (TPSA) is 79.2 Å². The van der Waals surface area contributed by atoms with E-state index in [0.717, 1.165) is 37.1 Å². The highest BCUT2D eigenvalue weighted by molar-refractivity contribution is 5.95. The number of carbonyl (C=O) groups excluding carboxylic acids is 1. The first-order chi connectivity index (χ1) is 15.8. The molecule has 2 amide bonds. The molecule has 1 spiro atoms. The molecule has 1 aromatic carbocycles. The maximum atomic E-state index is 13.0. The zero-order valence-electron chi connectivity index (χ0n) is 19.7. The molecule has 3 aromatic rings. The van der Waals surface area contributed by atoms with Crippen molar-refractivity contribution in [3.8, 4) is 5.95 Å². The average molecular weight is 446 g/mol. The van der Waals surface area contributed by atoms with Crippen molar-refractivity contribution in [3.05, 3.63) is 65.7 Å². The van der Waals surface area contributed by atoms with Crippen LogP contribution in [-0.4, -0.2) is 56.9 Å². The van der Waals surface area contributed by atoms with Gasteiger partial charge in [0.1, 0.15) is 0 Å². The van der Waals surface area contributed by atoms with E-state index < -0.39 is 0 Å². The number of amides is 2. The van der Waals surface area contributed by atoms with Gasteiger partial charge in [-0.1, -0.05) is 30.3 Å². The molecular formula is C25H31N7O. The van der Waals surface area contributed by atoms with Gasteiger partial charge in [0.15, 0.2) is 0 Å². The highest BCUT2D eigenvalue weighted by atomic mass is 16.2. The lowest BCUT2D eigenvalue weighted by Crippen LogP contribution is -2.54. The van der Waals surface area contributed by atoms with Gasteiger partial charge in [-0.25, -0.2) is 19.4 Å². The lowest BCUT2D eigenvalue weighted by Gasteiger charge is -2.48. The Labute approximate surface area is 194 Å². The summed E-state index contributed by atoms with van der Waals surface area (Å²) in [6.07, 6.45) is 7.26. The summed E-state index contributed by atoms with van der Waals surface area (Å²) in [4.78, 5) is 26.0. The number of urea groups is 1. The van der Waals surface area contributed by atoms with E-state index in [0.29, 0.717) is 18.2 Å². The maximum absolute atomic E-state index is 13.0. The van der Waals surface area contributed by atoms with E-state index in [4.69, 9.17) is 0 Å². The molecule has 5 rings (SSSR count). The average Bonchev–Trinajstić information content (AvgIpc) is 3.33. The summed E-state index contributed by atoms with van der Waals surface area (Å²) in [7, 11) is 4.32. The predicted molar refractivity (Wildman–Crippen MR) is 128 cm³/mol. The van der Waals surface area contributed by atoms with Gasteiger partial charge >= 0.3 is 6.03 Å². The number of rotatable bonds is 4. The van der Waals surface area contributed by atoms with Gasteiger partial charge in [0.2, 0.25) is 0 Å². The van der Waals surface area contributed by atoms with Crippen LogP contribution in [0, 0.1) is 13.8 Å². The minimum Gasteiger partial charge on any atom is -0.330 e. The van der Waals surface area contributed by atoms with Crippen molar-refractivity contribution < 1.29 is 4.79 Å². The van der Waals surface area contributed by atoms with Crippen LogP contribution in [0.4, 0.5) is 10.5 Å². The highest BCUT2D eigenvalue weighted by Gasteiger charge is 2.50. The smallest absolute Gasteiger partial charge is 0.322 e. The van der Waals surface area contributed by atoms with Gasteiger partial charge in [0.05, 0.1) is 35.9 Å². The predicted octanol–water partition coefficient (Wildman–Crippen LogP) is 3.58. The Morgan fingerprint density at radius 1 is 1.00 bits per heavy atom. The largest absolute Gasteiger partial charge is 0.330 e. The normalized spacial score (nSPS) is 25.1. The monoisotopic (exact) mass is 445 g/mol. The second-order valence-electron chi connectivity index (χ2n) is 9.67. The van der Waals surface area contributed by atoms with Crippen LogP contribution in [-0.2, 0) is 5.54 Å². The summed E-state index contributed by atoms with van der Waals surface area (Å²) < 4.78 is 1.72. The molecule has 0 bridgehead atoms. The van der Waals surface area contributed by atoms with E-state index in [-0.39, 0.29) is 17.1 Å². The van der Waals surface area contributed by atoms with Gasteiger partial charge in [0.25, 0.3) is 5.95 Å². The minimum atomic E-state index is -0.222. The molecule has 1 aliphatic carbocycles. The molecule has 172 valence electrons. The zero-order chi connectivity index (χ0) is 23.2. The van der Waals surface area contributed by atoms with Crippen molar-refractivity contribution in [2.24, 2.45) is 0 Å². The number of nitrogens with zero attached hydrogens (tertiary/aromatic N) is 6. The van der Waals surface area contributed by atoms with E-state index in [1.807, 2.05) is 19.9 Å². The molecule has 8 nitrogen and oxygen atoms in total. The molecule has 2 aliphatic rings. The Hall–Kier alpha value is -3.26. The molecule has 0 radical (unpaired) electrons. The number of aryl methyl sites for hydroxylation is 2. The summed E-state index contributed by atoms with van der Waals surface area (Å²) >= 11 is 0. The van der Waals surface area contributed by atoms with Gasteiger partial charge in [-0.05, 0) is 65.3 Å². The van der Waals surface area contributed by atoms with Gasteiger partial charge in [-0.3, -0.25) is 9.80 Å². The zero-order valence-corrected chi connectivity index (χ0v) is 19.7. The molecule has 1 saturated carbocycles. The van der Waals surface area contributed by atoms with Crippen molar-refractivity contribution in [2.45, 2.75) is 50.6 Å². The summed E-state index contributed by atoms with van der Waals surface area (Å²) in [6.45, 7) is 4.55. The molecular weight excluding hydrogens is 414 g/mol. The van der Waals surface area contributed by atoms with E-state index in [1.54, 1.807) is 22.0 Å². The molecule has 1 saturated heterocycles. The molecule has 33 heavy (non-hydrogen) atoms. The fourth-order valence-electron chi connectivity index (χ4n) is 5.48. The Morgan fingerprint density at radius 2 is 1.67 bits per heavy atom. The summed E-state index contributed by atoms with van der Waals surface area (Å²) in [5, 5.41) is 7.74. The van der Waals surface area contributed by atoms with Gasteiger partial charge in [0, 0.05) is 11.2 Å². The van der Waals surface area contributed by atoms with Crippen LogP contribution >= 0.6 is 0 Å². The van der Waals surface area contributed by atoms with Crippen LogP contribution in [0.3, 0.4) is 0 Å². The van der Waals surface area contributed by atoms with E-state index in [2.05, 4.69) is 69.7 Å². The van der Waals surface area contributed by atoms with Crippen LogP contribution in [0.25, 0.3) is 5.95 Å². The van der Waals surface area contributed by atoms with Crippen LogP contribution < -0.4 is 10.2 Å². The molecule has 8 heteroatoms. The summed E-state index contributed by atoms with van der Waals surface area (Å²) in [6, 6.07) is 12.6. The summed E-state index contributed by atoms with van der Waals surface area (Å²) in [5.41, 5.74) is 3.72. The first kappa shape index (κ1) is 21.6. The third kappa shape index (κ3) is 3.68. The fraction of sp³-hybridized carbons (Fsp3) is 0.440. The molecule has 0 unspecified atom stereocenters. The van der Waals surface area contributed by atoms with Crippen LogP contribution in [0.15, 0.2) is 48.8 Å². The second kappa shape index (κ2) is 7.95. The van der Waals surface area contributed by atoms with E-state index >= 15 is 0 Å². The molecule has 1 N–H and O–H groups in total. The number of hydrogen-bond acceptors (Lipinski definition) is 5. The van der Waals surface area contributed by atoms with E-state index in [9.17, 15) is 4.79 Å². The Morgan fingerprint density at radius 3 is 2.24 bits per heavy atom. The highest BCUT2D eigenvalue weighted by Crippen LogP contribution is 2.46. The SMILES string of the molecule is Cc1cc(C)n(-c2ncc(N3C[C@]4(CC[C@](c5ccccc5)(N(C)C)CC4)NC3=O)cn2)n1. The van der Waals surface area contributed by atoms with Crippen LogP contribution in [0.2, 0.25) is 0 Å². The first-order valence-corrected chi connectivity index (χ1v) is 11.5. The quantitative estimate of drug-likeness (QED) is 0.664. The molecule has 3 heterocycles. The number of benzene rings is 1. The van der Waals surface area contributed by atoms with Gasteiger partial charge in [-0.2, -0.15) is 5.10 Å². The first-order valence-electron chi connectivity index (χ1n) is 11.5. The Bertz CT molecular complexity index is 1150. The number of aromatic nitrogens is 4. The van der Waals surface area contributed by atoms with E-state index in [1.165, 1.54) is 5.56 Å². The van der Waals surface area contributed by atoms with Crippen LogP contribution in [0.5, 0.6) is 0 Å². The number of hydrogen-bond donors (Lipinski definition) is 1. The Balaban J connectivity index is 1.33. The van der Waals surface area contributed by atoms with Crippen molar-refractivity contribution >= 4 is 11.7 Å². The van der Waals surface area contributed by atoms with Gasteiger partial charge < -0.3 is 5.32 Å². The van der Waals surface area contributed by atoms with Crippen LogP contribution in [0.1, 0.15) is 42.6 Å². The minimum absolute atomic E-state index is 0.00479. The fourth-order valence-corrected chi connectivity index (χ4v) is 5.48. The third-order valence-electron chi connectivity index (χ3n) is 7.41. The summed E-state index contributed by atoms with van der Waals surface area (Å²) in [5.74, 6) is 0.509. The van der Waals surface area contributed by atoms with Crippen molar-refractivity contribution in [3.63, 3.8) is 0 Å².